The van der Waals surface area contributed by atoms with Crippen molar-refractivity contribution in [3.05, 3.63) is 27.8 Å². The van der Waals surface area contributed by atoms with E-state index in [2.05, 4.69) is 5.32 Å². The number of amides is 2. The van der Waals surface area contributed by atoms with Gasteiger partial charge in [-0.15, -0.1) is 0 Å². The molecule has 0 aliphatic carbocycles. The van der Waals surface area contributed by atoms with Crippen LogP contribution in [0.4, 0.5) is 9.59 Å². The minimum Gasteiger partial charge on any atom is -0.493 e. The first kappa shape index (κ1) is 22.1. The van der Waals surface area contributed by atoms with Crippen LogP contribution in [-0.4, -0.2) is 47.5 Å². The Bertz CT molecular complexity index is 754. The van der Waals surface area contributed by atoms with Gasteiger partial charge in [-0.05, 0) is 53.2 Å². The Morgan fingerprint density at radius 2 is 2.00 bits per heavy atom. The van der Waals surface area contributed by atoms with Gasteiger partial charge in [0.15, 0.2) is 0 Å². The fraction of sp³-hybridized carbons (Fsp3) is 0.600. The third-order valence-electron chi connectivity index (χ3n) is 4.60. The van der Waals surface area contributed by atoms with Crippen LogP contribution < -0.4 is 10.1 Å². The maximum absolute atomic E-state index is 12.2. The lowest BCUT2D eigenvalue weighted by molar-refractivity contribution is 0.0507. The molecule has 0 aromatic heterocycles. The first-order valence-electron chi connectivity index (χ1n) is 9.37. The highest BCUT2D eigenvalue weighted by Gasteiger charge is 2.36. The van der Waals surface area contributed by atoms with Crippen LogP contribution in [0.3, 0.4) is 0 Å². The van der Waals surface area contributed by atoms with E-state index in [9.17, 15) is 9.59 Å². The Balaban J connectivity index is 2.36. The average Bonchev–Trinajstić information content (AvgIpc) is 2.49. The molecule has 28 heavy (non-hydrogen) atoms. The third kappa shape index (κ3) is 5.01. The standard InChI is InChI=1S/C20H29ClN2O5/c1-7-27-17-14(12(3)22-18(24)28-20(4,5)6)8-15(21)11(2)16(17)13-9-23(10-13)19(25)26/h8,12-13H,7,9-10H2,1-6H3,(H,22,24)(H,25,26). The molecule has 0 spiro atoms. The summed E-state index contributed by atoms with van der Waals surface area (Å²) in [5, 5.41) is 12.5. The van der Waals surface area contributed by atoms with Crippen LogP contribution in [0.2, 0.25) is 5.02 Å². The number of ether oxygens (including phenoxy) is 2. The summed E-state index contributed by atoms with van der Waals surface area (Å²) in [6, 6.07) is 1.39. The number of rotatable bonds is 5. The van der Waals surface area contributed by atoms with E-state index in [1.165, 1.54) is 4.90 Å². The van der Waals surface area contributed by atoms with Gasteiger partial charge in [0, 0.05) is 35.2 Å². The maximum Gasteiger partial charge on any atom is 0.408 e. The number of nitrogens with zero attached hydrogens (tertiary/aromatic N) is 1. The number of carboxylic acid groups (broad SMARTS) is 1. The zero-order valence-corrected chi connectivity index (χ0v) is 18.0. The monoisotopic (exact) mass is 412 g/mol. The molecular weight excluding hydrogens is 384 g/mol. The highest BCUT2D eigenvalue weighted by molar-refractivity contribution is 6.31. The van der Waals surface area contributed by atoms with E-state index in [0.717, 1.165) is 16.7 Å². The van der Waals surface area contributed by atoms with Crippen molar-refractivity contribution < 1.29 is 24.2 Å². The Morgan fingerprint density at radius 1 is 1.39 bits per heavy atom. The van der Waals surface area contributed by atoms with Crippen LogP contribution in [0.1, 0.15) is 63.3 Å². The highest BCUT2D eigenvalue weighted by atomic mass is 35.5. The second kappa shape index (κ2) is 8.47. The molecule has 1 aromatic rings. The van der Waals surface area contributed by atoms with Gasteiger partial charge in [0.05, 0.1) is 12.6 Å². The number of carbonyl (C=O) groups excluding carboxylic acids is 1. The summed E-state index contributed by atoms with van der Waals surface area (Å²) in [7, 11) is 0. The van der Waals surface area contributed by atoms with Crippen molar-refractivity contribution >= 4 is 23.8 Å². The molecule has 2 rings (SSSR count). The molecule has 7 nitrogen and oxygen atoms in total. The second-order valence-corrected chi connectivity index (χ2v) is 8.41. The summed E-state index contributed by atoms with van der Waals surface area (Å²) in [4.78, 5) is 24.7. The first-order chi connectivity index (χ1) is 12.9. The fourth-order valence-corrected chi connectivity index (χ4v) is 3.48. The summed E-state index contributed by atoms with van der Waals surface area (Å²) >= 11 is 6.47. The molecule has 0 saturated carbocycles. The smallest absolute Gasteiger partial charge is 0.408 e. The maximum atomic E-state index is 12.2. The zero-order chi connectivity index (χ0) is 21.2. The number of alkyl carbamates (subject to hydrolysis) is 1. The van der Waals surface area contributed by atoms with Gasteiger partial charge in [0.2, 0.25) is 0 Å². The largest absolute Gasteiger partial charge is 0.493 e. The van der Waals surface area contributed by atoms with Crippen molar-refractivity contribution in [2.45, 2.75) is 59.1 Å². The quantitative estimate of drug-likeness (QED) is 0.731. The predicted molar refractivity (Wildman–Crippen MR) is 107 cm³/mol. The molecule has 1 aromatic carbocycles. The molecule has 8 heteroatoms. The summed E-state index contributed by atoms with van der Waals surface area (Å²) in [6.07, 6.45) is -1.46. The summed E-state index contributed by atoms with van der Waals surface area (Å²) in [5.41, 5.74) is 1.91. The minimum atomic E-state index is -0.936. The van der Waals surface area contributed by atoms with Crippen molar-refractivity contribution in [2.75, 3.05) is 19.7 Å². The van der Waals surface area contributed by atoms with Crippen LogP contribution in [0.15, 0.2) is 6.07 Å². The van der Waals surface area contributed by atoms with Crippen LogP contribution in [0.5, 0.6) is 5.75 Å². The van der Waals surface area contributed by atoms with Gasteiger partial charge in [-0.1, -0.05) is 11.6 Å². The van der Waals surface area contributed by atoms with Crippen molar-refractivity contribution in [1.29, 1.82) is 0 Å². The van der Waals surface area contributed by atoms with E-state index < -0.39 is 23.8 Å². The molecule has 1 heterocycles. The van der Waals surface area contributed by atoms with Gasteiger partial charge in [0.25, 0.3) is 0 Å². The highest BCUT2D eigenvalue weighted by Crippen LogP contribution is 2.43. The number of likely N-dealkylation sites (tertiary alicyclic amines) is 1. The number of nitrogens with one attached hydrogen (secondary N) is 1. The first-order valence-corrected chi connectivity index (χ1v) is 9.75. The van der Waals surface area contributed by atoms with E-state index >= 15 is 0 Å². The molecule has 1 aliphatic rings. The minimum absolute atomic E-state index is 0.00354. The number of benzene rings is 1. The van der Waals surface area contributed by atoms with Gasteiger partial charge >= 0.3 is 12.2 Å². The lowest BCUT2D eigenvalue weighted by Gasteiger charge is -2.39. The lowest BCUT2D eigenvalue weighted by atomic mass is 9.85. The molecule has 2 N–H and O–H groups in total. The van der Waals surface area contributed by atoms with E-state index in [1.54, 1.807) is 26.8 Å². The summed E-state index contributed by atoms with van der Waals surface area (Å²) in [6.45, 7) is 12.2. The topological polar surface area (TPSA) is 88.1 Å². The lowest BCUT2D eigenvalue weighted by Crippen LogP contribution is -2.48. The normalized spacial score (nSPS) is 15.6. The molecule has 0 radical (unpaired) electrons. The zero-order valence-electron chi connectivity index (χ0n) is 17.3. The summed E-state index contributed by atoms with van der Waals surface area (Å²) in [5.74, 6) is 0.659. The van der Waals surface area contributed by atoms with Crippen molar-refractivity contribution in [2.24, 2.45) is 0 Å². The number of halogens is 1. The molecule has 1 fully saturated rings. The van der Waals surface area contributed by atoms with E-state index in [1.807, 2.05) is 20.8 Å². The predicted octanol–water partition coefficient (Wildman–Crippen LogP) is 4.71. The van der Waals surface area contributed by atoms with Gasteiger partial charge < -0.3 is 24.8 Å². The van der Waals surface area contributed by atoms with E-state index in [-0.39, 0.29) is 5.92 Å². The van der Waals surface area contributed by atoms with Crippen LogP contribution >= 0.6 is 11.6 Å². The van der Waals surface area contributed by atoms with Gasteiger partial charge in [-0.3, -0.25) is 0 Å². The molecule has 1 unspecified atom stereocenters. The molecule has 1 saturated heterocycles. The molecule has 2 amide bonds. The van der Waals surface area contributed by atoms with Crippen LogP contribution in [-0.2, 0) is 4.74 Å². The van der Waals surface area contributed by atoms with E-state index in [4.69, 9.17) is 26.2 Å². The summed E-state index contributed by atoms with van der Waals surface area (Å²) < 4.78 is 11.3. The fourth-order valence-electron chi connectivity index (χ4n) is 3.26. The molecule has 0 bridgehead atoms. The SMILES string of the molecule is CCOc1c(C(C)NC(=O)OC(C)(C)C)cc(Cl)c(C)c1C1CN(C(=O)O)C1. The van der Waals surface area contributed by atoms with Crippen molar-refractivity contribution in [1.82, 2.24) is 10.2 Å². The van der Waals surface area contributed by atoms with Crippen LogP contribution in [0.25, 0.3) is 0 Å². The number of carbonyl (C=O) groups is 2. The van der Waals surface area contributed by atoms with Crippen molar-refractivity contribution in [3.63, 3.8) is 0 Å². The second-order valence-electron chi connectivity index (χ2n) is 8.00. The Morgan fingerprint density at radius 3 is 2.50 bits per heavy atom. The molecule has 1 aliphatic heterocycles. The van der Waals surface area contributed by atoms with Gasteiger partial charge in [0.1, 0.15) is 11.4 Å². The molecular formula is C20H29ClN2O5. The van der Waals surface area contributed by atoms with E-state index in [0.29, 0.717) is 30.5 Å². The Kier molecular flexibility index (Phi) is 6.70. The number of hydrogen-bond acceptors (Lipinski definition) is 4. The van der Waals surface area contributed by atoms with Crippen LogP contribution in [0, 0.1) is 6.92 Å². The number of hydrogen-bond donors (Lipinski definition) is 2. The van der Waals surface area contributed by atoms with Gasteiger partial charge in [-0.2, -0.15) is 0 Å². The average molecular weight is 413 g/mol. The van der Waals surface area contributed by atoms with Crippen molar-refractivity contribution in [3.8, 4) is 5.75 Å². The Hall–Kier alpha value is -2.15. The molecule has 1 atom stereocenters. The Labute approximate surface area is 170 Å². The van der Waals surface area contributed by atoms with Gasteiger partial charge in [-0.25, -0.2) is 9.59 Å². The third-order valence-corrected chi connectivity index (χ3v) is 4.99. The molecule has 156 valence electrons.